The van der Waals surface area contributed by atoms with Crippen molar-refractivity contribution in [3.05, 3.63) is 69.1 Å². The molecule has 0 unspecified atom stereocenters. The highest BCUT2D eigenvalue weighted by atomic mass is 35.5. The van der Waals surface area contributed by atoms with Gasteiger partial charge in [0.05, 0.1) is 27.1 Å². The first kappa shape index (κ1) is 26.6. The average molecular weight is 555 g/mol. The van der Waals surface area contributed by atoms with E-state index in [-0.39, 0.29) is 48.6 Å². The Balaban J connectivity index is 2.55. The fraction of sp³-hybridized carbons (Fsp3) is 0.273. The number of terminal acetylenes is 1. The Labute approximate surface area is 220 Å². The number of benzene rings is 1. The predicted octanol–water partition coefficient (Wildman–Crippen LogP) is 3.13. The van der Waals surface area contributed by atoms with Crippen molar-refractivity contribution in [3.8, 4) is 29.9 Å². The summed E-state index contributed by atoms with van der Waals surface area (Å²) in [6.07, 6.45) is 5.24. The van der Waals surface area contributed by atoms with Crippen LogP contribution in [-0.4, -0.2) is 35.1 Å². The van der Waals surface area contributed by atoms with Crippen molar-refractivity contribution in [2.45, 2.75) is 5.92 Å². The van der Waals surface area contributed by atoms with Crippen molar-refractivity contribution >= 4 is 47.6 Å². The molecule has 184 valence electrons. The van der Waals surface area contributed by atoms with Crippen LogP contribution >= 0.6 is 47.6 Å². The maximum Gasteiger partial charge on any atom is 0.262 e. The van der Waals surface area contributed by atoms with Crippen LogP contribution in [0.4, 0.5) is 0 Å². The first-order valence-electron chi connectivity index (χ1n) is 9.88. The standard InChI is InChI=1S/C22H20Cl2N4O5S2/c1-6-7-33-16-11(23)8-10(9-12(16)24)13(14-17(29)25(2)21(34)26(3)18(14)30)15-19(31)27(4)22(35)28(5)20(15)32/h1,8-9,13,29,31H,7H2,2-5H3. The summed E-state index contributed by atoms with van der Waals surface area (Å²) in [5.74, 6) is 0.0678. The van der Waals surface area contributed by atoms with Gasteiger partial charge in [0.25, 0.3) is 11.1 Å². The number of hydrogen-bond donors (Lipinski definition) is 2. The lowest BCUT2D eigenvalue weighted by atomic mass is 9.86. The summed E-state index contributed by atoms with van der Waals surface area (Å²) in [5, 5.41) is 22.1. The minimum absolute atomic E-state index is 0.0349. The Bertz CT molecular complexity index is 1540. The topological polar surface area (TPSA) is 104 Å². The smallest absolute Gasteiger partial charge is 0.262 e. The zero-order chi connectivity index (χ0) is 26.4. The van der Waals surface area contributed by atoms with Gasteiger partial charge in [0.1, 0.15) is 6.61 Å². The molecule has 35 heavy (non-hydrogen) atoms. The van der Waals surface area contributed by atoms with Gasteiger partial charge in [0.2, 0.25) is 11.8 Å². The third kappa shape index (κ3) is 4.38. The number of rotatable bonds is 5. The highest BCUT2D eigenvalue weighted by Crippen LogP contribution is 2.42. The van der Waals surface area contributed by atoms with Gasteiger partial charge in [0, 0.05) is 28.2 Å². The van der Waals surface area contributed by atoms with Crippen LogP contribution < -0.4 is 15.9 Å². The lowest BCUT2D eigenvalue weighted by Gasteiger charge is -2.24. The van der Waals surface area contributed by atoms with Crippen LogP contribution in [0, 0.1) is 21.9 Å². The second-order valence-electron chi connectivity index (χ2n) is 7.63. The van der Waals surface area contributed by atoms with E-state index < -0.39 is 28.8 Å². The minimum Gasteiger partial charge on any atom is -0.494 e. The molecule has 3 aromatic rings. The summed E-state index contributed by atoms with van der Waals surface area (Å²) in [4.78, 5) is 26.8. The number of nitrogens with zero attached hydrogens (tertiary/aromatic N) is 4. The zero-order valence-electron chi connectivity index (χ0n) is 19.0. The monoisotopic (exact) mass is 554 g/mol. The molecule has 0 aliphatic rings. The molecule has 0 amide bonds. The van der Waals surface area contributed by atoms with E-state index in [4.69, 9.17) is 58.8 Å². The van der Waals surface area contributed by atoms with Gasteiger partial charge < -0.3 is 14.9 Å². The van der Waals surface area contributed by atoms with Crippen LogP contribution in [0.1, 0.15) is 22.6 Å². The molecule has 0 radical (unpaired) electrons. The Hall–Kier alpha value is -3.04. The molecule has 2 heterocycles. The van der Waals surface area contributed by atoms with Crippen LogP contribution in [0.25, 0.3) is 0 Å². The van der Waals surface area contributed by atoms with E-state index in [9.17, 15) is 19.8 Å². The molecule has 9 nitrogen and oxygen atoms in total. The normalized spacial score (nSPS) is 11.0. The Morgan fingerprint density at radius 1 is 0.914 bits per heavy atom. The summed E-state index contributed by atoms with van der Waals surface area (Å²) in [6.45, 7) is -0.100. The van der Waals surface area contributed by atoms with Crippen molar-refractivity contribution < 1.29 is 14.9 Å². The third-order valence-electron chi connectivity index (χ3n) is 5.57. The Kier molecular flexibility index (Phi) is 7.52. The molecule has 0 fully saturated rings. The van der Waals surface area contributed by atoms with Crippen LogP contribution in [0.5, 0.6) is 17.5 Å². The second-order valence-corrected chi connectivity index (χ2v) is 9.17. The zero-order valence-corrected chi connectivity index (χ0v) is 22.1. The Morgan fingerprint density at radius 2 is 1.31 bits per heavy atom. The minimum atomic E-state index is -1.33. The summed E-state index contributed by atoms with van der Waals surface area (Å²) < 4.78 is 10.1. The highest BCUT2D eigenvalue weighted by Gasteiger charge is 2.33. The number of aromatic hydroxyl groups is 2. The van der Waals surface area contributed by atoms with Crippen molar-refractivity contribution in [3.63, 3.8) is 0 Å². The molecular formula is C22H20Cl2N4O5S2. The SMILES string of the molecule is C#CCOc1c(Cl)cc(C(c2c(O)n(C)c(=S)n(C)c2=O)c2c(O)n(C)c(=S)n(C)c2=O)cc1Cl. The number of halogens is 2. The van der Waals surface area contributed by atoms with Gasteiger partial charge in [-0.3, -0.25) is 27.9 Å². The van der Waals surface area contributed by atoms with E-state index in [1.54, 1.807) is 0 Å². The Morgan fingerprint density at radius 3 is 1.69 bits per heavy atom. The summed E-state index contributed by atoms with van der Waals surface area (Å²) in [5.41, 5.74) is -1.65. The first-order chi connectivity index (χ1) is 16.3. The quantitative estimate of drug-likeness (QED) is 0.369. The largest absolute Gasteiger partial charge is 0.494 e. The van der Waals surface area contributed by atoms with Crippen molar-refractivity contribution in [2.75, 3.05) is 6.61 Å². The van der Waals surface area contributed by atoms with Gasteiger partial charge in [-0.05, 0) is 42.1 Å². The maximum absolute atomic E-state index is 13.4. The summed E-state index contributed by atoms with van der Waals surface area (Å²) in [7, 11) is 5.76. The van der Waals surface area contributed by atoms with Gasteiger partial charge >= 0.3 is 0 Å². The van der Waals surface area contributed by atoms with E-state index in [0.717, 1.165) is 9.13 Å². The second kappa shape index (κ2) is 9.91. The maximum atomic E-state index is 13.4. The molecule has 0 bridgehead atoms. The average Bonchev–Trinajstić information content (AvgIpc) is 2.82. The van der Waals surface area contributed by atoms with Crippen molar-refractivity contribution in [2.24, 2.45) is 28.2 Å². The molecule has 0 spiro atoms. The van der Waals surface area contributed by atoms with E-state index in [1.807, 2.05) is 0 Å². The first-order valence-corrected chi connectivity index (χ1v) is 11.4. The number of hydrogen-bond acceptors (Lipinski definition) is 7. The van der Waals surface area contributed by atoms with Crippen LogP contribution in [-0.2, 0) is 28.2 Å². The molecule has 3 rings (SSSR count). The van der Waals surface area contributed by atoms with E-state index in [2.05, 4.69) is 5.92 Å². The van der Waals surface area contributed by atoms with Gasteiger partial charge in [-0.15, -0.1) is 6.42 Å². The molecule has 0 saturated carbocycles. The van der Waals surface area contributed by atoms with E-state index in [1.165, 1.54) is 49.5 Å². The molecule has 0 atom stereocenters. The molecule has 2 N–H and O–H groups in total. The van der Waals surface area contributed by atoms with E-state index in [0.29, 0.717) is 0 Å². The number of aromatic nitrogens is 4. The van der Waals surface area contributed by atoms with Crippen LogP contribution in [0.2, 0.25) is 10.0 Å². The number of ether oxygens (including phenoxy) is 1. The fourth-order valence-electron chi connectivity index (χ4n) is 3.70. The van der Waals surface area contributed by atoms with Gasteiger partial charge in [-0.2, -0.15) is 0 Å². The fourth-order valence-corrected chi connectivity index (χ4v) is 4.65. The van der Waals surface area contributed by atoms with Gasteiger partial charge in [-0.25, -0.2) is 0 Å². The van der Waals surface area contributed by atoms with Crippen molar-refractivity contribution in [1.82, 2.24) is 18.3 Å². The molecule has 0 aliphatic carbocycles. The molecular weight excluding hydrogens is 535 g/mol. The van der Waals surface area contributed by atoms with Crippen molar-refractivity contribution in [1.29, 1.82) is 0 Å². The molecule has 0 aliphatic heterocycles. The van der Waals surface area contributed by atoms with Gasteiger partial charge in [0.15, 0.2) is 15.3 Å². The predicted molar refractivity (Wildman–Crippen MR) is 138 cm³/mol. The molecule has 0 saturated heterocycles. The lowest BCUT2D eigenvalue weighted by molar-refractivity contribution is 0.370. The van der Waals surface area contributed by atoms with Crippen LogP contribution in [0.3, 0.4) is 0 Å². The lowest BCUT2D eigenvalue weighted by Crippen LogP contribution is -2.33. The molecule has 1 aromatic carbocycles. The summed E-state index contributed by atoms with van der Waals surface area (Å²) >= 11 is 23.3. The molecule has 13 heteroatoms. The third-order valence-corrected chi connectivity index (χ3v) is 7.22. The van der Waals surface area contributed by atoms with E-state index >= 15 is 0 Å². The highest BCUT2D eigenvalue weighted by molar-refractivity contribution is 7.71. The van der Waals surface area contributed by atoms with Crippen LogP contribution in [0.15, 0.2) is 21.7 Å². The summed E-state index contributed by atoms with van der Waals surface area (Å²) in [6, 6.07) is 2.82. The van der Waals surface area contributed by atoms with Gasteiger partial charge in [-0.1, -0.05) is 29.1 Å². The molecule has 2 aromatic heterocycles.